The predicted molar refractivity (Wildman–Crippen MR) is 149 cm³/mol. The van der Waals surface area contributed by atoms with Crippen LogP contribution < -0.4 is 5.32 Å². The van der Waals surface area contributed by atoms with Crippen LogP contribution in [-0.2, 0) is 20.9 Å². The van der Waals surface area contributed by atoms with E-state index in [1.165, 1.54) is 0 Å². The van der Waals surface area contributed by atoms with Crippen LogP contribution in [0.1, 0.15) is 57.9 Å². The second kappa shape index (κ2) is 10.8. The molecule has 5 rings (SSSR count). The zero-order valence-corrected chi connectivity index (χ0v) is 23.6. The highest BCUT2D eigenvalue weighted by Crippen LogP contribution is 2.54. The first-order valence-electron chi connectivity index (χ1n) is 14.2. The maximum Gasteiger partial charge on any atom is 0.257 e. The monoisotopic (exact) mass is 537 g/mol. The molecule has 2 aromatic rings. The Balaban J connectivity index is 0.00000370. The molecule has 2 saturated heterocycles. The van der Waals surface area contributed by atoms with E-state index < -0.39 is 5.41 Å². The number of ether oxygens (including phenoxy) is 1. The third-order valence-corrected chi connectivity index (χ3v) is 8.82. The Bertz CT molecular complexity index is 1210. The Kier molecular flexibility index (Phi) is 7.55. The number of likely N-dealkylation sites (tertiary alicyclic amines) is 2. The van der Waals surface area contributed by atoms with E-state index in [1.54, 1.807) is 22.0 Å². The van der Waals surface area contributed by atoms with Gasteiger partial charge in [-0.3, -0.25) is 19.1 Å². The Morgan fingerprint density at radius 1 is 1.10 bits per heavy atom. The molecule has 1 unspecified atom stereocenters. The van der Waals surface area contributed by atoms with Crippen molar-refractivity contribution < 1.29 is 20.5 Å². The molecule has 9 heteroatoms. The van der Waals surface area contributed by atoms with Crippen molar-refractivity contribution in [2.75, 3.05) is 39.3 Å². The Labute approximate surface area is 232 Å². The molecule has 3 heterocycles. The SMILES string of the molecule is CCOC(CC)CNC(=O)[C@@H]1CN(C(=O)c2cnn(Cc3ccccc3)c2)CC12CN(C(=O)[C@H]1CC1(C)C)C2.[HH]. The van der Waals surface area contributed by atoms with Crippen molar-refractivity contribution in [2.45, 2.75) is 53.2 Å². The average Bonchev–Trinajstić information content (AvgIpc) is 3.24. The van der Waals surface area contributed by atoms with Gasteiger partial charge in [0.25, 0.3) is 5.91 Å². The molecule has 0 radical (unpaired) electrons. The highest BCUT2D eigenvalue weighted by atomic mass is 16.5. The van der Waals surface area contributed by atoms with Crippen LogP contribution >= 0.6 is 0 Å². The minimum absolute atomic E-state index is 0. The molecule has 9 nitrogen and oxygen atoms in total. The summed E-state index contributed by atoms with van der Waals surface area (Å²) in [5.41, 5.74) is 1.24. The summed E-state index contributed by atoms with van der Waals surface area (Å²) in [6.45, 7) is 11.6. The molecule has 3 fully saturated rings. The van der Waals surface area contributed by atoms with Crippen molar-refractivity contribution in [1.29, 1.82) is 0 Å². The van der Waals surface area contributed by atoms with Crippen molar-refractivity contribution >= 4 is 17.7 Å². The first-order valence-corrected chi connectivity index (χ1v) is 14.2. The van der Waals surface area contributed by atoms with Gasteiger partial charge >= 0.3 is 0 Å². The summed E-state index contributed by atoms with van der Waals surface area (Å²) in [6, 6.07) is 9.98. The van der Waals surface area contributed by atoms with Gasteiger partial charge in [0, 0.05) is 58.3 Å². The van der Waals surface area contributed by atoms with Crippen molar-refractivity contribution in [3.8, 4) is 0 Å². The number of amides is 3. The molecule has 1 aromatic heterocycles. The van der Waals surface area contributed by atoms with Crippen molar-refractivity contribution in [3.63, 3.8) is 0 Å². The third-order valence-electron chi connectivity index (χ3n) is 8.82. The number of hydrogen-bond donors (Lipinski definition) is 1. The summed E-state index contributed by atoms with van der Waals surface area (Å²) in [5, 5.41) is 7.49. The second-order valence-electron chi connectivity index (χ2n) is 12.2. The number of hydrogen-bond acceptors (Lipinski definition) is 5. The Morgan fingerprint density at radius 3 is 2.44 bits per heavy atom. The molecular weight excluding hydrogens is 494 g/mol. The number of carbonyl (C=O) groups is 3. The maximum absolute atomic E-state index is 13.6. The molecular formula is C30H43N5O4. The number of nitrogens with zero attached hydrogens (tertiary/aromatic N) is 4. The van der Waals surface area contributed by atoms with Gasteiger partial charge in [0.2, 0.25) is 11.8 Å². The number of aromatic nitrogens is 2. The Hall–Kier alpha value is -3.20. The van der Waals surface area contributed by atoms with E-state index in [0.717, 1.165) is 18.4 Å². The average molecular weight is 538 g/mol. The van der Waals surface area contributed by atoms with Crippen LogP contribution in [0.3, 0.4) is 0 Å². The minimum Gasteiger partial charge on any atom is -0.377 e. The zero-order valence-electron chi connectivity index (χ0n) is 23.6. The molecule has 1 saturated carbocycles. The number of carbonyl (C=O) groups excluding carboxylic acids is 3. The van der Waals surface area contributed by atoms with Gasteiger partial charge in [-0.25, -0.2) is 0 Å². The molecule has 0 bridgehead atoms. The maximum atomic E-state index is 13.6. The topological polar surface area (TPSA) is 96.8 Å². The first-order chi connectivity index (χ1) is 18.7. The van der Waals surface area contributed by atoms with E-state index in [4.69, 9.17) is 4.74 Å². The molecule has 1 N–H and O–H groups in total. The number of nitrogens with one attached hydrogen (secondary N) is 1. The zero-order chi connectivity index (χ0) is 27.8. The first kappa shape index (κ1) is 27.4. The lowest BCUT2D eigenvalue weighted by Crippen LogP contribution is -2.64. The van der Waals surface area contributed by atoms with Crippen LogP contribution in [0.4, 0.5) is 0 Å². The van der Waals surface area contributed by atoms with Crippen LogP contribution in [0, 0.1) is 22.7 Å². The number of benzene rings is 1. The lowest BCUT2D eigenvalue weighted by atomic mass is 9.71. The van der Waals surface area contributed by atoms with E-state index in [1.807, 2.05) is 49.1 Å². The van der Waals surface area contributed by atoms with E-state index >= 15 is 0 Å². The third kappa shape index (κ3) is 5.60. The Morgan fingerprint density at radius 2 is 1.79 bits per heavy atom. The van der Waals surface area contributed by atoms with Gasteiger partial charge in [-0.1, -0.05) is 51.1 Å². The van der Waals surface area contributed by atoms with Gasteiger partial charge < -0.3 is 19.9 Å². The fourth-order valence-electron chi connectivity index (χ4n) is 6.19. The van der Waals surface area contributed by atoms with Crippen LogP contribution in [0.25, 0.3) is 0 Å². The van der Waals surface area contributed by atoms with Gasteiger partial charge in [0.05, 0.1) is 30.3 Å². The van der Waals surface area contributed by atoms with Gasteiger partial charge in [-0.15, -0.1) is 0 Å². The minimum atomic E-state index is -0.429. The fraction of sp³-hybridized carbons (Fsp3) is 0.600. The summed E-state index contributed by atoms with van der Waals surface area (Å²) in [5.74, 6) is -0.330. The summed E-state index contributed by atoms with van der Waals surface area (Å²) in [4.78, 5) is 43.8. The van der Waals surface area contributed by atoms with Gasteiger partial charge in [0.15, 0.2) is 0 Å². The molecule has 1 aromatic carbocycles. The highest BCUT2D eigenvalue weighted by Gasteiger charge is 2.61. The van der Waals surface area contributed by atoms with Crippen molar-refractivity contribution in [1.82, 2.24) is 24.9 Å². The lowest BCUT2D eigenvalue weighted by molar-refractivity contribution is -0.151. The van der Waals surface area contributed by atoms with Crippen molar-refractivity contribution in [2.24, 2.45) is 22.7 Å². The molecule has 3 amide bonds. The van der Waals surface area contributed by atoms with E-state index in [-0.39, 0.29) is 42.5 Å². The van der Waals surface area contributed by atoms with Crippen LogP contribution in [-0.4, -0.2) is 82.7 Å². The molecule has 3 atom stereocenters. The molecule has 1 spiro atoms. The smallest absolute Gasteiger partial charge is 0.257 e. The molecule has 2 aliphatic heterocycles. The van der Waals surface area contributed by atoms with Crippen LogP contribution in [0.2, 0.25) is 0 Å². The fourth-order valence-corrected chi connectivity index (χ4v) is 6.19. The van der Waals surface area contributed by atoms with E-state index in [9.17, 15) is 14.4 Å². The molecule has 39 heavy (non-hydrogen) atoms. The number of rotatable bonds is 10. The van der Waals surface area contributed by atoms with Crippen LogP contribution in [0.15, 0.2) is 42.7 Å². The quantitative estimate of drug-likeness (QED) is 0.503. The lowest BCUT2D eigenvalue weighted by Gasteiger charge is -2.50. The molecule has 212 valence electrons. The molecule has 1 aliphatic carbocycles. The highest BCUT2D eigenvalue weighted by molar-refractivity contribution is 5.95. The molecule has 3 aliphatic rings. The summed E-state index contributed by atoms with van der Waals surface area (Å²) >= 11 is 0. The van der Waals surface area contributed by atoms with Crippen LogP contribution in [0.5, 0.6) is 0 Å². The van der Waals surface area contributed by atoms with E-state index in [2.05, 4.69) is 24.3 Å². The normalized spacial score (nSPS) is 23.4. The second-order valence-corrected chi connectivity index (χ2v) is 12.2. The van der Waals surface area contributed by atoms with Gasteiger partial charge in [-0.2, -0.15) is 5.10 Å². The summed E-state index contributed by atoms with van der Waals surface area (Å²) < 4.78 is 7.48. The summed E-state index contributed by atoms with van der Waals surface area (Å²) in [7, 11) is 0. The predicted octanol–water partition coefficient (Wildman–Crippen LogP) is 3.06. The van der Waals surface area contributed by atoms with Gasteiger partial charge in [0.1, 0.15) is 0 Å². The summed E-state index contributed by atoms with van der Waals surface area (Å²) in [6.07, 6.45) is 5.05. The van der Waals surface area contributed by atoms with E-state index in [0.29, 0.717) is 51.4 Å². The van der Waals surface area contributed by atoms with Crippen molar-refractivity contribution in [3.05, 3.63) is 53.9 Å². The largest absolute Gasteiger partial charge is 0.377 e. The van der Waals surface area contributed by atoms with Gasteiger partial charge in [-0.05, 0) is 30.7 Å². The standard InChI is InChI=1S/C30H41N5O4.H2/c1-5-23(39-6-2)14-31-26(36)25-17-33(18-30(25)19-34(20-30)28(38)24-12-29(24,3)4)27(37)22-13-32-35(16-22)15-21-10-8-7-9-11-21;/h7-11,13,16,23-25H,5-6,12,14-15,17-20H2,1-4H3,(H,31,36);1H/t23?,24-,25+;/m1./s1.